The summed E-state index contributed by atoms with van der Waals surface area (Å²) in [4.78, 5) is 23.4. The molecule has 0 radical (unpaired) electrons. The highest BCUT2D eigenvalue weighted by atomic mass is 32.1. The fourth-order valence-electron chi connectivity index (χ4n) is 3.77. The zero-order chi connectivity index (χ0) is 25.2. The van der Waals surface area contributed by atoms with Gasteiger partial charge in [-0.15, -0.1) is 17.8 Å². The van der Waals surface area contributed by atoms with E-state index < -0.39 is 6.10 Å². The van der Waals surface area contributed by atoms with Crippen molar-refractivity contribution in [1.29, 1.82) is 0 Å². The first-order valence-corrected chi connectivity index (χ1v) is 12.0. The lowest BCUT2D eigenvalue weighted by Crippen LogP contribution is -2.36. The van der Waals surface area contributed by atoms with Crippen LogP contribution in [0.15, 0.2) is 28.4 Å². The van der Waals surface area contributed by atoms with Crippen molar-refractivity contribution in [3.05, 3.63) is 39.8 Å². The summed E-state index contributed by atoms with van der Waals surface area (Å²) in [6, 6.07) is 5.54. The van der Waals surface area contributed by atoms with Crippen LogP contribution in [0, 0.1) is 12.3 Å². The number of aromatic nitrogens is 2. The highest BCUT2D eigenvalue weighted by Crippen LogP contribution is 2.36. The van der Waals surface area contributed by atoms with Crippen molar-refractivity contribution < 1.29 is 24.1 Å². The smallest absolute Gasteiger partial charge is 0.260 e. The number of terminal acetylenes is 1. The van der Waals surface area contributed by atoms with E-state index in [1.54, 1.807) is 21.3 Å². The maximum Gasteiger partial charge on any atom is 0.260 e. The van der Waals surface area contributed by atoms with Gasteiger partial charge in [-0.3, -0.25) is 9.69 Å². The first-order chi connectivity index (χ1) is 17.0. The molecular weight excluding hydrogens is 470 g/mol. The van der Waals surface area contributed by atoms with Crippen molar-refractivity contribution in [2.45, 2.75) is 19.1 Å². The predicted octanol–water partition coefficient (Wildman–Crippen LogP) is 2.52. The second kappa shape index (κ2) is 13.2. The van der Waals surface area contributed by atoms with Crippen LogP contribution in [0.4, 0.5) is 0 Å². The quantitative estimate of drug-likeness (QED) is 0.256. The number of rotatable bonds is 14. The summed E-state index contributed by atoms with van der Waals surface area (Å²) in [5.41, 5.74) is 1.40. The summed E-state index contributed by atoms with van der Waals surface area (Å²) >= 11 is 1.41. The molecular formula is C25H31N3O6S. The first-order valence-electron chi connectivity index (χ1n) is 11.1. The minimum atomic E-state index is -0.722. The SMILES string of the molecule is C#CCOCC(O)CN(CCCOC)Cc1nc2scc(-c3ccc(OC)c(OC)c3)c2c(=O)[nH]1. The number of nitrogens with zero attached hydrogens (tertiary/aromatic N) is 2. The van der Waals surface area contributed by atoms with E-state index >= 15 is 0 Å². The van der Waals surface area contributed by atoms with Gasteiger partial charge in [-0.1, -0.05) is 12.0 Å². The molecule has 2 aromatic heterocycles. The van der Waals surface area contributed by atoms with Crippen LogP contribution in [0.1, 0.15) is 12.2 Å². The predicted molar refractivity (Wildman–Crippen MR) is 136 cm³/mol. The summed E-state index contributed by atoms with van der Waals surface area (Å²) in [7, 11) is 4.80. The van der Waals surface area contributed by atoms with E-state index in [0.717, 1.165) is 17.5 Å². The van der Waals surface area contributed by atoms with Crippen LogP contribution < -0.4 is 15.0 Å². The molecule has 2 N–H and O–H groups in total. The lowest BCUT2D eigenvalue weighted by atomic mass is 10.1. The van der Waals surface area contributed by atoms with Crippen LogP contribution in [0.5, 0.6) is 11.5 Å². The zero-order valence-electron chi connectivity index (χ0n) is 20.2. The molecule has 0 saturated heterocycles. The third-order valence-corrected chi connectivity index (χ3v) is 6.22. The van der Waals surface area contributed by atoms with Crippen molar-refractivity contribution >= 4 is 21.6 Å². The van der Waals surface area contributed by atoms with E-state index in [1.807, 2.05) is 28.5 Å². The third-order valence-electron chi connectivity index (χ3n) is 5.35. The van der Waals surface area contributed by atoms with Crippen molar-refractivity contribution in [2.75, 3.05) is 54.2 Å². The summed E-state index contributed by atoms with van der Waals surface area (Å²) in [6.45, 7) is 2.23. The lowest BCUT2D eigenvalue weighted by Gasteiger charge is -2.24. The fraction of sp³-hybridized carbons (Fsp3) is 0.440. The van der Waals surface area contributed by atoms with Crippen LogP contribution >= 0.6 is 11.3 Å². The molecule has 0 aliphatic carbocycles. The molecule has 35 heavy (non-hydrogen) atoms. The minimum Gasteiger partial charge on any atom is -0.493 e. The second-order valence-electron chi connectivity index (χ2n) is 7.87. The number of hydrogen-bond acceptors (Lipinski definition) is 9. The van der Waals surface area contributed by atoms with Gasteiger partial charge in [-0.2, -0.15) is 0 Å². The molecule has 10 heteroatoms. The van der Waals surface area contributed by atoms with E-state index in [9.17, 15) is 9.90 Å². The molecule has 1 atom stereocenters. The molecule has 0 spiro atoms. The molecule has 0 amide bonds. The van der Waals surface area contributed by atoms with Gasteiger partial charge in [0.2, 0.25) is 0 Å². The molecule has 0 bridgehead atoms. The van der Waals surface area contributed by atoms with Crippen molar-refractivity contribution in [2.24, 2.45) is 0 Å². The van der Waals surface area contributed by atoms with Gasteiger partial charge in [0.25, 0.3) is 5.56 Å². The molecule has 188 valence electrons. The van der Waals surface area contributed by atoms with Crippen molar-refractivity contribution in [1.82, 2.24) is 14.9 Å². The Morgan fingerprint density at radius 2 is 2.06 bits per heavy atom. The summed E-state index contributed by atoms with van der Waals surface area (Å²) in [5.74, 6) is 4.11. The van der Waals surface area contributed by atoms with Crippen LogP contribution in [-0.2, 0) is 16.0 Å². The molecule has 0 fully saturated rings. The number of aliphatic hydroxyl groups is 1. The Balaban J connectivity index is 1.83. The van der Waals surface area contributed by atoms with Gasteiger partial charge in [-0.25, -0.2) is 4.98 Å². The number of H-pyrrole nitrogens is 1. The van der Waals surface area contributed by atoms with Crippen molar-refractivity contribution in [3.63, 3.8) is 0 Å². The summed E-state index contributed by atoms with van der Waals surface area (Å²) in [5, 5.41) is 12.8. The van der Waals surface area contributed by atoms with Crippen molar-refractivity contribution in [3.8, 4) is 35.0 Å². The second-order valence-corrected chi connectivity index (χ2v) is 8.72. The van der Waals surface area contributed by atoms with Crippen LogP contribution in [-0.4, -0.2) is 80.3 Å². The fourth-order valence-corrected chi connectivity index (χ4v) is 4.74. The Kier molecular flexibility index (Phi) is 10.1. The monoisotopic (exact) mass is 501 g/mol. The Morgan fingerprint density at radius 3 is 2.77 bits per heavy atom. The molecule has 0 aliphatic heterocycles. The van der Waals surface area contributed by atoms with Gasteiger partial charge < -0.3 is 29.0 Å². The van der Waals surface area contributed by atoms with Gasteiger partial charge in [-0.05, 0) is 24.1 Å². The number of aliphatic hydroxyl groups excluding tert-OH is 1. The summed E-state index contributed by atoms with van der Waals surface area (Å²) < 4.78 is 21.1. The minimum absolute atomic E-state index is 0.133. The van der Waals surface area contributed by atoms with E-state index in [0.29, 0.717) is 53.8 Å². The van der Waals surface area contributed by atoms with E-state index in [4.69, 9.17) is 30.4 Å². The molecule has 9 nitrogen and oxygen atoms in total. The molecule has 0 aliphatic rings. The topological polar surface area (TPSA) is 106 Å². The van der Waals surface area contributed by atoms with Gasteiger partial charge >= 0.3 is 0 Å². The van der Waals surface area contributed by atoms with Gasteiger partial charge in [0.1, 0.15) is 17.3 Å². The summed E-state index contributed by atoms with van der Waals surface area (Å²) in [6.07, 6.45) is 5.24. The maximum absolute atomic E-state index is 13.1. The number of ether oxygens (including phenoxy) is 4. The van der Waals surface area contributed by atoms with E-state index in [-0.39, 0.29) is 18.8 Å². The first kappa shape index (κ1) is 26.7. The Hall–Kier alpha value is -2.94. The van der Waals surface area contributed by atoms with Gasteiger partial charge in [0, 0.05) is 37.7 Å². The number of aromatic amines is 1. The maximum atomic E-state index is 13.1. The number of benzene rings is 1. The average molecular weight is 502 g/mol. The molecule has 1 aromatic carbocycles. The van der Waals surface area contributed by atoms with Crippen LogP contribution in [0.3, 0.4) is 0 Å². The van der Waals surface area contributed by atoms with Gasteiger partial charge in [0.15, 0.2) is 11.5 Å². The molecule has 2 heterocycles. The van der Waals surface area contributed by atoms with Gasteiger partial charge in [0.05, 0.1) is 38.9 Å². The molecule has 1 unspecified atom stereocenters. The molecule has 3 aromatic rings. The number of fused-ring (bicyclic) bond motifs is 1. The number of methoxy groups -OCH3 is 3. The van der Waals surface area contributed by atoms with E-state index in [1.165, 1.54) is 11.3 Å². The average Bonchev–Trinajstić information content (AvgIpc) is 3.28. The highest BCUT2D eigenvalue weighted by Gasteiger charge is 2.18. The Bertz CT molecular complexity index is 1200. The highest BCUT2D eigenvalue weighted by molar-refractivity contribution is 7.17. The Morgan fingerprint density at radius 1 is 1.26 bits per heavy atom. The molecule has 0 saturated carbocycles. The lowest BCUT2D eigenvalue weighted by molar-refractivity contribution is 0.0239. The molecule has 3 rings (SSSR count). The third kappa shape index (κ3) is 7.04. The van der Waals surface area contributed by atoms with Crippen LogP contribution in [0.2, 0.25) is 0 Å². The largest absolute Gasteiger partial charge is 0.493 e. The van der Waals surface area contributed by atoms with Crippen LogP contribution in [0.25, 0.3) is 21.3 Å². The number of thiophene rings is 1. The van der Waals surface area contributed by atoms with E-state index in [2.05, 4.69) is 10.9 Å². The Labute approximate surface area is 208 Å². The number of hydrogen-bond donors (Lipinski definition) is 2. The normalized spacial score (nSPS) is 12.1. The standard InChI is InChI=1S/C25H31N3O6S/c1-5-10-34-15-18(29)13-28(9-6-11-31-2)14-22-26-24(30)23-19(16-35-25(23)27-22)17-7-8-20(32-3)21(12-17)33-4/h1,7-8,12,16,18,29H,6,9-11,13-15H2,2-4H3,(H,26,27,30). The number of nitrogens with one attached hydrogen (secondary N) is 1. The zero-order valence-corrected chi connectivity index (χ0v) is 21.0.